The van der Waals surface area contributed by atoms with Crippen LogP contribution < -0.4 is 0 Å². The van der Waals surface area contributed by atoms with E-state index in [4.69, 9.17) is 28.3 Å². The Labute approximate surface area is 133 Å². The summed E-state index contributed by atoms with van der Waals surface area (Å²) in [4.78, 5) is 24.7. The van der Waals surface area contributed by atoms with E-state index < -0.39 is 5.97 Å². The average Bonchev–Trinajstić information content (AvgIpc) is 2.48. The molecule has 1 aliphatic rings. The van der Waals surface area contributed by atoms with Crippen LogP contribution in [0.1, 0.15) is 36.0 Å². The molecule has 2 rings (SSSR count). The number of carbonyl (C=O) groups is 2. The number of piperidine rings is 1. The molecule has 1 fully saturated rings. The van der Waals surface area contributed by atoms with Crippen molar-refractivity contribution >= 4 is 35.1 Å². The molecule has 1 saturated heterocycles. The number of aliphatic carboxylic acids is 1. The van der Waals surface area contributed by atoms with Crippen LogP contribution in [0.25, 0.3) is 0 Å². The molecule has 1 aliphatic heterocycles. The van der Waals surface area contributed by atoms with E-state index >= 15 is 0 Å². The third kappa shape index (κ3) is 4.35. The van der Waals surface area contributed by atoms with Gasteiger partial charge in [-0.25, -0.2) is 0 Å². The molecule has 1 N–H and O–H groups in total. The Hall–Kier alpha value is -1.26. The van der Waals surface area contributed by atoms with Crippen LogP contribution in [0, 0.1) is 5.92 Å². The maximum absolute atomic E-state index is 12.4. The molecule has 0 aliphatic carbocycles. The monoisotopic (exact) mass is 329 g/mol. The number of likely N-dealkylation sites (tertiary alicyclic amines) is 1. The lowest BCUT2D eigenvalue weighted by molar-refractivity contribution is -0.137. The van der Waals surface area contributed by atoms with Gasteiger partial charge < -0.3 is 10.0 Å². The summed E-state index contributed by atoms with van der Waals surface area (Å²) in [5.41, 5.74) is 0.536. The van der Waals surface area contributed by atoms with Crippen molar-refractivity contribution < 1.29 is 14.7 Å². The Morgan fingerprint density at radius 1 is 1.19 bits per heavy atom. The average molecular weight is 330 g/mol. The second kappa shape index (κ2) is 7.14. The van der Waals surface area contributed by atoms with E-state index in [1.165, 1.54) is 0 Å². The summed E-state index contributed by atoms with van der Waals surface area (Å²) in [7, 11) is 0. The van der Waals surface area contributed by atoms with E-state index in [9.17, 15) is 9.59 Å². The van der Waals surface area contributed by atoms with Gasteiger partial charge >= 0.3 is 5.97 Å². The number of hydrogen-bond acceptors (Lipinski definition) is 2. The number of amides is 1. The summed E-state index contributed by atoms with van der Waals surface area (Å²) < 4.78 is 0. The highest BCUT2D eigenvalue weighted by Crippen LogP contribution is 2.26. The maximum Gasteiger partial charge on any atom is 0.303 e. The summed E-state index contributed by atoms with van der Waals surface area (Å²) in [6.45, 7) is 1.31. The Morgan fingerprint density at radius 2 is 1.86 bits per heavy atom. The number of hydrogen-bond donors (Lipinski definition) is 1. The van der Waals surface area contributed by atoms with Crippen molar-refractivity contribution in [3.63, 3.8) is 0 Å². The highest BCUT2D eigenvalue weighted by Gasteiger charge is 2.24. The third-order valence-corrected chi connectivity index (χ3v) is 4.57. The fraction of sp³-hybridized carbons (Fsp3) is 0.467. The molecule has 0 radical (unpaired) electrons. The largest absolute Gasteiger partial charge is 0.481 e. The van der Waals surface area contributed by atoms with Crippen LogP contribution in [0.4, 0.5) is 0 Å². The number of benzene rings is 1. The molecule has 0 aromatic heterocycles. The summed E-state index contributed by atoms with van der Waals surface area (Å²) in [5.74, 6) is -0.423. The summed E-state index contributed by atoms with van der Waals surface area (Å²) in [6.07, 6.45) is 2.58. The minimum atomic E-state index is -0.760. The van der Waals surface area contributed by atoms with Gasteiger partial charge in [-0.15, -0.1) is 0 Å². The fourth-order valence-electron chi connectivity index (χ4n) is 2.56. The number of carboxylic acids is 1. The lowest BCUT2D eigenvalue weighted by Crippen LogP contribution is -2.38. The van der Waals surface area contributed by atoms with Gasteiger partial charge in [0, 0.05) is 25.1 Å². The van der Waals surface area contributed by atoms with E-state index in [0.717, 1.165) is 12.8 Å². The first-order valence-corrected chi connectivity index (χ1v) is 7.69. The predicted octanol–water partition coefficient (Wildman–Crippen LogP) is 3.71. The van der Waals surface area contributed by atoms with Gasteiger partial charge in [0.1, 0.15) is 0 Å². The molecule has 0 atom stereocenters. The second-order valence-corrected chi connectivity index (χ2v) is 6.11. The van der Waals surface area contributed by atoms with Crippen LogP contribution in [0.15, 0.2) is 18.2 Å². The lowest BCUT2D eigenvalue weighted by atomic mass is 9.92. The van der Waals surface area contributed by atoms with Crippen LogP contribution >= 0.6 is 23.2 Å². The predicted molar refractivity (Wildman–Crippen MR) is 82.0 cm³/mol. The Bertz CT molecular complexity index is 540. The molecular formula is C15H17Cl2NO3. The molecule has 1 aromatic rings. The molecule has 21 heavy (non-hydrogen) atoms. The molecule has 114 valence electrons. The van der Waals surface area contributed by atoms with Crippen molar-refractivity contribution in [3.05, 3.63) is 33.8 Å². The van der Waals surface area contributed by atoms with Crippen LogP contribution in [-0.4, -0.2) is 35.0 Å². The minimum Gasteiger partial charge on any atom is -0.481 e. The second-order valence-electron chi connectivity index (χ2n) is 5.30. The van der Waals surface area contributed by atoms with Crippen molar-refractivity contribution in [1.82, 2.24) is 4.90 Å². The molecule has 0 spiro atoms. The molecular weight excluding hydrogens is 313 g/mol. The van der Waals surface area contributed by atoms with Crippen molar-refractivity contribution in [2.45, 2.75) is 25.7 Å². The number of halogens is 2. The molecule has 0 saturated carbocycles. The number of rotatable bonds is 4. The van der Waals surface area contributed by atoms with Gasteiger partial charge in [-0.1, -0.05) is 23.2 Å². The zero-order valence-electron chi connectivity index (χ0n) is 11.5. The number of nitrogens with zero attached hydrogens (tertiary/aromatic N) is 1. The smallest absolute Gasteiger partial charge is 0.303 e. The lowest BCUT2D eigenvalue weighted by Gasteiger charge is -2.32. The van der Waals surface area contributed by atoms with Gasteiger partial charge in [0.05, 0.1) is 10.0 Å². The van der Waals surface area contributed by atoms with Crippen LogP contribution in [0.2, 0.25) is 10.0 Å². The highest BCUT2D eigenvalue weighted by atomic mass is 35.5. The molecule has 1 heterocycles. The molecule has 0 bridgehead atoms. The molecule has 1 aromatic carbocycles. The number of carboxylic acid groups (broad SMARTS) is 1. The first kappa shape index (κ1) is 16.1. The van der Waals surface area contributed by atoms with Gasteiger partial charge in [0.25, 0.3) is 5.91 Å². The molecule has 0 unspecified atom stereocenters. The van der Waals surface area contributed by atoms with E-state index in [1.54, 1.807) is 23.1 Å². The minimum absolute atomic E-state index is 0.0507. The van der Waals surface area contributed by atoms with Crippen molar-refractivity contribution in [2.24, 2.45) is 5.92 Å². The summed E-state index contributed by atoms with van der Waals surface area (Å²) >= 11 is 11.8. The summed E-state index contributed by atoms with van der Waals surface area (Å²) in [6, 6.07) is 4.88. The van der Waals surface area contributed by atoms with Gasteiger partial charge in [0.2, 0.25) is 0 Å². The van der Waals surface area contributed by atoms with Crippen molar-refractivity contribution in [3.8, 4) is 0 Å². The molecule has 4 nitrogen and oxygen atoms in total. The third-order valence-electron chi connectivity index (χ3n) is 3.83. The van der Waals surface area contributed by atoms with Gasteiger partial charge in [-0.2, -0.15) is 0 Å². The van der Waals surface area contributed by atoms with Gasteiger partial charge in [-0.3, -0.25) is 9.59 Å². The van der Waals surface area contributed by atoms with Crippen molar-refractivity contribution in [1.29, 1.82) is 0 Å². The van der Waals surface area contributed by atoms with E-state index in [2.05, 4.69) is 0 Å². The first-order chi connectivity index (χ1) is 9.97. The quantitative estimate of drug-likeness (QED) is 0.915. The van der Waals surface area contributed by atoms with Crippen LogP contribution in [0.5, 0.6) is 0 Å². The normalized spacial score (nSPS) is 16.0. The standard InChI is InChI=1S/C15H17Cl2NO3/c16-12-3-2-11(9-13(12)17)15(21)18-7-5-10(6-8-18)1-4-14(19)20/h2-3,9-10H,1,4-8H2,(H,19,20). The van der Waals surface area contributed by atoms with Crippen LogP contribution in [0.3, 0.4) is 0 Å². The van der Waals surface area contributed by atoms with Gasteiger partial charge in [0.15, 0.2) is 0 Å². The first-order valence-electron chi connectivity index (χ1n) is 6.93. The van der Waals surface area contributed by atoms with Crippen molar-refractivity contribution in [2.75, 3.05) is 13.1 Å². The van der Waals surface area contributed by atoms with Gasteiger partial charge in [-0.05, 0) is 43.4 Å². The molecule has 1 amide bonds. The maximum atomic E-state index is 12.4. The van der Waals surface area contributed by atoms with E-state index in [1.807, 2.05) is 0 Å². The zero-order chi connectivity index (χ0) is 15.4. The topological polar surface area (TPSA) is 57.6 Å². The van der Waals surface area contributed by atoms with Crippen LogP contribution in [-0.2, 0) is 4.79 Å². The molecule has 6 heteroatoms. The highest BCUT2D eigenvalue weighted by molar-refractivity contribution is 6.42. The number of carbonyl (C=O) groups excluding carboxylic acids is 1. The summed E-state index contributed by atoms with van der Waals surface area (Å²) in [5, 5.41) is 9.50. The SMILES string of the molecule is O=C(O)CCC1CCN(C(=O)c2ccc(Cl)c(Cl)c2)CC1. The Morgan fingerprint density at radius 3 is 2.43 bits per heavy atom. The zero-order valence-corrected chi connectivity index (χ0v) is 13.0. The Balaban J connectivity index is 1.90. The van der Waals surface area contributed by atoms with E-state index in [-0.39, 0.29) is 12.3 Å². The fourth-order valence-corrected chi connectivity index (χ4v) is 2.86. The Kier molecular flexibility index (Phi) is 5.48. The van der Waals surface area contributed by atoms with E-state index in [0.29, 0.717) is 41.0 Å².